The van der Waals surface area contributed by atoms with E-state index in [0.717, 1.165) is 56.0 Å². The summed E-state index contributed by atoms with van der Waals surface area (Å²) in [5.41, 5.74) is 28.5. The Labute approximate surface area is 479 Å². The van der Waals surface area contributed by atoms with Crippen molar-refractivity contribution in [3.63, 3.8) is 0 Å². The summed E-state index contributed by atoms with van der Waals surface area (Å²) >= 11 is 0. The van der Waals surface area contributed by atoms with Crippen LogP contribution in [0.5, 0.6) is 0 Å². The van der Waals surface area contributed by atoms with Crippen molar-refractivity contribution in [2.45, 2.75) is 24.2 Å². The average Bonchev–Trinajstić information content (AvgIpc) is 1.60. The highest BCUT2D eigenvalue weighted by Gasteiger charge is 2.54. The van der Waals surface area contributed by atoms with Crippen molar-refractivity contribution < 1.29 is 0 Å². The number of aromatic amines is 1. The molecule has 0 fully saturated rings. The summed E-state index contributed by atoms with van der Waals surface area (Å²) in [5, 5.41) is 4.71. The molecule has 19 rings (SSSR count). The molecule has 0 bridgehead atoms. The SMILES string of the molecule is CC1C=CC(c2nc(-c3ccccc3)nc(-n3c4ccc(-c5ccc6[nH]c7c8c(ccc7c6c5)C5(c6ccccc6-c6ccccc65)c5ccccc5-8)cc4c4ccc5c(c43)-c3ccccc3C53c4ccccc4-c4ccccc43)n2)=CC1. The molecule has 1 N–H and O–H groups in total. The molecule has 0 radical (unpaired) electrons. The number of benzene rings is 11. The van der Waals surface area contributed by atoms with Crippen LogP contribution in [0.3, 0.4) is 0 Å². The maximum atomic E-state index is 5.53. The van der Waals surface area contributed by atoms with Gasteiger partial charge in [0.05, 0.1) is 27.4 Å². The highest BCUT2D eigenvalue weighted by Crippen LogP contribution is 2.66. The van der Waals surface area contributed by atoms with Crippen LogP contribution in [-0.4, -0.2) is 24.5 Å². The summed E-state index contributed by atoms with van der Waals surface area (Å²) in [6.45, 7) is 2.25. The zero-order valence-electron chi connectivity index (χ0n) is 45.3. The van der Waals surface area contributed by atoms with Gasteiger partial charge < -0.3 is 4.98 Å². The van der Waals surface area contributed by atoms with Crippen LogP contribution in [0.2, 0.25) is 0 Å². The Balaban J connectivity index is 0.855. The molecule has 1 unspecified atom stereocenters. The van der Waals surface area contributed by atoms with E-state index in [1.54, 1.807) is 0 Å². The van der Waals surface area contributed by atoms with Crippen molar-refractivity contribution in [1.29, 1.82) is 0 Å². The normalized spacial score (nSPS) is 15.8. The Hall–Kier alpha value is -10.5. The summed E-state index contributed by atoms with van der Waals surface area (Å²) < 4.78 is 2.36. The first kappa shape index (κ1) is 45.3. The average molecular weight is 1060 g/mol. The maximum absolute atomic E-state index is 5.53. The Morgan fingerprint density at radius 2 is 0.904 bits per heavy atom. The van der Waals surface area contributed by atoms with Crippen LogP contribution >= 0.6 is 0 Å². The minimum absolute atomic E-state index is 0.409. The van der Waals surface area contributed by atoms with Crippen molar-refractivity contribution >= 4 is 49.2 Å². The van der Waals surface area contributed by atoms with Crippen molar-refractivity contribution in [2.75, 3.05) is 0 Å². The highest BCUT2D eigenvalue weighted by molar-refractivity contribution is 6.19. The predicted molar refractivity (Wildman–Crippen MR) is 338 cm³/mol. The molecular weight excluding hydrogens is 1010 g/mol. The van der Waals surface area contributed by atoms with Gasteiger partial charge in [0.1, 0.15) is 0 Å². The molecule has 2 spiro atoms. The number of hydrogen-bond donors (Lipinski definition) is 1. The van der Waals surface area contributed by atoms with Crippen LogP contribution in [0.4, 0.5) is 0 Å². The van der Waals surface area contributed by atoms with Crippen molar-refractivity contribution in [1.82, 2.24) is 24.5 Å². The van der Waals surface area contributed by atoms with Crippen LogP contribution in [-0.2, 0) is 10.8 Å². The third kappa shape index (κ3) is 5.73. The molecule has 1 atom stereocenters. The molecule has 11 aromatic carbocycles. The number of hydrogen-bond acceptors (Lipinski definition) is 3. The largest absolute Gasteiger partial charge is 0.354 e. The number of nitrogens with one attached hydrogen (secondary N) is 1. The number of fused-ring (bicyclic) bond motifs is 28. The first-order valence-corrected chi connectivity index (χ1v) is 29.1. The Kier molecular flexibility index (Phi) is 8.91. The second kappa shape index (κ2) is 16.3. The van der Waals surface area contributed by atoms with Gasteiger partial charge in [-0.05, 0) is 126 Å². The van der Waals surface area contributed by atoms with E-state index in [1.165, 1.54) is 105 Å². The smallest absolute Gasteiger partial charge is 0.238 e. The topological polar surface area (TPSA) is 59.4 Å². The van der Waals surface area contributed by atoms with Gasteiger partial charge in [-0.2, -0.15) is 9.97 Å². The molecule has 0 saturated heterocycles. The van der Waals surface area contributed by atoms with E-state index in [4.69, 9.17) is 15.0 Å². The number of rotatable bonds is 4. The summed E-state index contributed by atoms with van der Waals surface area (Å²) in [4.78, 5) is 20.3. The molecule has 0 aliphatic heterocycles. The Bertz CT molecular complexity index is 5190. The van der Waals surface area contributed by atoms with E-state index in [2.05, 4.69) is 265 Å². The molecule has 3 heterocycles. The summed E-state index contributed by atoms with van der Waals surface area (Å²) in [5.74, 6) is 2.34. The molecule has 5 aliphatic carbocycles. The van der Waals surface area contributed by atoms with Gasteiger partial charge in [-0.3, -0.25) is 4.57 Å². The maximum Gasteiger partial charge on any atom is 0.238 e. The van der Waals surface area contributed by atoms with Gasteiger partial charge in [0, 0.05) is 49.3 Å². The number of aromatic nitrogens is 5. The third-order valence-electron chi connectivity index (χ3n) is 19.4. The fourth-order valence-corrected chi connectivity index (χ4v) is 16.0. The van der Waals surface area contributed by atoms with Gasteiger partial charge in [0.15, 0.2) is 11.6 Å². The standard InChI is InChI=1S/C78H49N5/c1-45-31-33-47(34-32-45)75-80-74(46-17-3-2-4-18-46)81-76(82-75)83-69-42-36-49(44-59(69)55-38-40-67-71(73(55)83)57-24-10-16-30-65(57)78(67)62-27-13-7-21-52(62)53-22-8-14-28-63(53)78)48-35-41-68-58(43-48)54-37-39-66-70(72(54)79-68)56-23-9-15-29-64(56)77(66)60-25-11-5-19-50(60)51-20-6-12-26-61(51)77/h2-31,33-45,79H,32H2,1H3. The first-order chi connectivity index (χ1) is 41.1. The van der Waals surface area contributed by atoms with E-state index in [0.29, 0.717) is 23.5 Å². The number of allylic oxidation sites excluding steroid dienone is 4. The van der Waals surface area contributed by atoms with Crippen LogP contribution < -0.4 is 0 Å². The number of nitrogens with zero attached hydrogens (tertiary/aromatic N) is 4. The predicted octanol–water partition coefficient (Wildman–Crippen LogP) is 18.6. The lowest BCUT2D eigenvalue weighted by molar-refractivity contribution is 0.738. The van der Waals surface area contributed by atoms with Crippen LogP contribution in [0.1, 0.15) is 63.7 Å². The van der Waals surface area contributed by atoms with Gasteiger partial charge in [-0.15, -0.1) is 0 Å². The minimum Gasteiger partial charge on any atom is -0.354 e. The van der Waals surface area contributed by atoms with E-state index in [9.17, 15) is 0 Å². The second-order valence-electron chi connectivity index (χ2n) is 23.4. The van der Waals surface area contributed by atoms with E-state index in [-0.39, 0.29) is 0 Å². The molecule has 386 valence electrons. The lowest BCUT2D eigenvalue weighted by Crippen LogP contribution is -2.25. The van der Waals surface area contributed by atoms with Crippen molar-refractivity contribution in [3.8, 4) is 73.0 Å². The third-order valence-corrected chi connectivity index (χ3v) is 19.4. The molecule has 5 aliphatic rings. The van der Waals surface area contributed by atoms with E-state index in [1.807, 2.05) is 6.07 Å². The molecule has 3 aromatic heterocycles. The fourth-order valence-electron chi connectivity index (χ4n) is 16.0. The Morgan fingerprint density at radius 3 is 1.49 bits per heavy atom. The fraction of sp³-hybridized carbons (Fsp3) is 0.0641. The zero-order valence-corrected chi connectivity index (χ0v) is 45.3. The Morgan fingerprint density at radius 1 is 0.410 bits per heavy atom. The molecule has 14 aromatic rings. The van der Waals surface area contributed by atoms with Gasteiger partial charge >= 0.3 is 0 Å². The lowest BCUT2D eigenvalue weighted by atomic mass is 9.70. The number of H-pyrrole nitrogens is 1. The van der Waals surface area contributed by atoms with Gasteiger partial charge in [-0.1, -0.05) is 237 Å². The van der Waals surface area contributed by atoms with E-state index < -0.39 is 10.8 Å². The monoisotopic (exact) mass is 1060 g/mol. The molecule has 83 heavy (non-hydrogen) atoms. The van der Waals surface area contributed by atoms with Crippen molar-refractivity contribution in [2.24, 2.45) is 5.92 Å². The minimum atomic E-state index is -0.531. The van der Waals surface area contributed by atoms with Crippen LogP contribution in [0.25, 0.3) is 122 Å². The quantitative estimate of drug-likeness (QED) is 0.191. The summed E-state index contributed by atoms with van der Waals surface area (Å²) in [6.07, 6.45) is 7.66. The molecular formula is C78H49N5. The summed E-state index contributed by atoms with van der Waals surface area (Å²) in [7, 11) is 0. The van der Waals surface area contributed by atoms with Gasteiger partial charge in [0.25, 0.3) is 0 Å². The first-order valence-electron chi connectivity index (χ1n) is 29.1. The second-order valence-corrected chi connectivity index (χ2v) is 23.4. The van der Waals surface area contributed by atoms with Crippen LogP contribution in [0, 0.1) is 5.92 Å². The highest BCUT2D eigenvalue weighted by atomic mass is 15.2. The molecule has 5 heteroatoms. The van der Waals surface area contributed by atoms with Crippen LogP contribution in [0.15, 0.2) is 255 Å². The van der Waals surface area contributed by atoms with Gasteiger partial charge in [0.2, 0.25) is 5.95 Å². The lowest BCUT2D eigenvalue weighted by Gasteiger charge is -2.30. The zero-order chi connectivity index (χ0) is 54.3. The van der Waals surface area contributed by atoms with Gasteiger partial charge in [-0.25, -0.2) is 4.98 Å². The molecule has 5 nitrogen and oxygen atoms in total. The summed E-state index contributed by atoms with van der Waals surface area (Å²) in [6, 6.07) is 88.4. The van der Waals surface area contributed by atoms with Crippen molar-refractivity contribution in [3.05, 3.63) is 305 Å². The molecule has 0 saturated carbocycles. The molecule has 0 amide bonds. The van der Waals surface area contributed by atoms with E-state index >= 15 is 0 Å².